The van der Waals surface area contributed by atoms with Gasteiger partial charge in [-0.3, -0.25) is 4.79 Å². The van der Waals surface area contributed by atoms with Crippen molar-refractivity contribution < 1.29 is 4.79 Å². The van der Waals surface area contributed by atoms with Gasteiger partial charge in [-0.2, -0.15) is 0 Å². The summed E-state index contributed by atoms with van der Waals surface area (Å²) in [7, 11) is 0. The van der Waals surface area contributed by atoms with Gasteiger partial charge in [0.25, 0.3) is 5.91 Å². The van der Waals surface area contributed by atoms with Gasteiger partial charge in [-0.25, -0.2) is 0 Å². The van der Waals surface area contributed by atoms with Crippen molar-refractivity contribution in [1.29, 1.82) is 0 Å². The lowest BCUT2D eigenvalue weighted by atomic mass is 9.90. The Balaban J connectivity index is 2.20. The maximum atomic E-state index is 11.4. The van der Waals surface area contributed by atoms with Crippen molar-refractivity contribution in [1.82, 2.24) is 0 Å². The molecule has 1 fully saturated rings. The van der Waals surface area contributed by atoms with Crippen molar-refractivity contribution in [2.24, 2.45) is 11.5 Å². The van der Waals surface area contributed by atoms with E-state index in [0.717, 1.165) is 23.0 Å². The van der Waals surface area contributed by atoms with Crippen LogP contribution in [0.1, 0.15) is 36.0 Å². The highest BCUT2D eigenvalue weighted by Gasteiger charge is 2.22. The number of primary amides is 1. The minimum atomic E-state index is -0.428. The summed E-state index contributed by atoms with van der Waals surface area (Å²) in [5.41, 5.74) is 12.8. The molecule has 0 bridgehead atoms. The molecule has 0 spiro atoms. The molecule has 0 saturated heterocycles. The number of nitrogens with two attached hydrogens (primary N) is 2. The molecule has 1 aliphatic rings. The molecule has 0 unspecified atom stereocenters. The largest absolute Gasteiger partial charge is 0.380 e. The molecule has 1 amide bonds. The van der Waals surface area contributed by atoms with Crippen LogP contribution in [0.15, 0.2) is 22.7 Å². The van der Waals surface area contributed by atoms with Gasteiger partial charge in [0.05, 0.1) is 5.56 Å². The molecule has 1 aliphatic carbocycles. The SMILES string of the molecule is NC(=O)c1cc(Br)ccc1N[C@@H]1CCCC[C@H]1N. The molecule has 0 heterocycles. The average molecular weight is 312 g/mol. The van der Waals surface area contributed by atoms with Crippen molar-refractivity contribution in [2.75, 3.05) is 5.32 Å². The Kier molecular flexibility index (Phi) is 4.24. The van der Waals surface area contributed by atoms with Gasteiger partial charge in [0.15, 0.2) is 0 Å². The van der Waals surface area contributed by atoms with Crippen LogP contribution in [0.2, 0.25) is 0 Å². The highest BCUT2D eigenvalue weighted by molar-refractivity contribution is 9.10. The molecule has 18 heavy (non-hydrogen) atoms. The third-order valence-electron chi connectivity index (χ3n) is 3.41. The molecule has 2 rings (SSSR count). The van der Waals surface area contributed by atoms with Crippen molar-refractivity contribution >= 4 is 27.5 Å². The summed E-state index contributed by atoms with van der Waals surface area (Å²) in [6, 6.07) is 5.86. The van der Waals surface area contributed by atoms with Gasteiger partial charge in [-0.05, 0) is 31.0 Å². The zero-order chi connectivity index (χ0) is 13.1. The summed E-state index contributed by atoms with van der Waals surface area (Å²) < 4.78 is 0.842. The summed E-state index contributed by atoms with van der Waals surface area (Å²) >= 11 is 3.34. The molecule has 2 atom stereocenters. The smallest absolute Gasteiger partial charge is 0.250 e. The highest BCUT2D eigenvalue weighted by atomic mass is 79.9. The van der Waals surface area contributed by atoms with E-state index in [1.807, 2.05) is 12.1 Å². The van der Waals surface area contributed by atoms with Crippen LogP contribution in [0.4, 0.5) is 5.69 Å². The van der Waals surface area contributed by atoms with E-state index < -0.39 is 5.91 Å². The van der Waals surface area contributed by atoms with E-state index in [0.29, 0.717) is 5.56 Å². The minimum absolute atomic E-state index is 0.142. The van der Waals surface area contributed by atoms with Gasteiger partial charge in [0.1, 0.15) is 0 Å². The zero-order valence-electron chi connectivity index (χ0n) is 10.2. The second-order valence-corrected chi connectivity index (χ2v) is 5.67. The molecule has 1 aromatic carbocycles. The van der Waals surface area contributed by atoms with Gasteiger partial charge < -0.3 is 16.8 Å². The number of halogens is 1. The fraction of sp³-hybridized carbons (Fsp3) is 0.462. The molecule has 4 nitrogen and oxygen atoms in total. The number of carbonyl (C=O) groups is 1. The van der Waals surface area contributed by atoms with Crippen molar-refractivity contribution in [2.45, 2.75) is 37.8 Å². The van der Waals surface area contributed by atoms with Gasteiger partial charge in [-0.15, -0.1) is 0 Å². The van der Waals surface area contributed by atoms with Crippen LogP contribution >= 0.6 is 15.9 Å². The van der Waals surface area contributed by atoms with E-state index in [-0.39, 0.29) is 12.1 Å². The third-order valence-corrected chi connectivity index (χ3v) is 3.90. The monoisotopic (exact) mass is 311 g/mol. The molecule has 0 aliphatic heterocycles. The number of carbonyl (C=O) groups excluding carboxylic acids is 1. The van der Waals surface area contributed by atoms with Crippen LogP contribution in [0.25, 0.3) is 0 Å². The first-order chi connectivity index (χ1) is 8.58. The molecule has 5 N–H and O–H groups in total. The Bertz CT molecular complexity index is 450. The number of rotatable bonds is 3. The normalized spacial score (nSPS) is 23.7. The topological polar surface area (TPSA) is 81.1 Å². The molecule has 0 aromatic heterocycles. The average Bonchev–Trinajstić information content (AvgIpc) is 2.34. The van der Waals surface area contributed by atoms with Gasteiger partial charge >= 0.3 is 0 Å². The Morgan fingerprint density at radius 2 is 2.06 bits per heavy atom. The first kappa shape index (κ1) is 13.4. The summed E-state index contributed by atoms with van der Waals surface area (Å²) in [4.78, 5) is 11.4. The number of nitrogens with one attached hydrogen (secondary N) is 1. The Hall–Kier alpha value is -1.07. The lowest BCUT2D eigenvalue weighted by molar-refractivity contribution is 0.100. The second-order valence-electron chi connectivity index (χ2n) is 4.75. The quantitative estimate of drug-likeness (QED) is 0.800. The van der Waals surface area contributed by atoms with Gasteiger partial charge in [-0.1, -0.05) is 28.8 Å². The van der Waals surface area contributed by atoms with Crippen LogP contribution in [0.3, 0.4) is 0 Å². The third kappa shape index (κ3) is 3.03. The van der Waals surface area contributed by atoms with E-state index in [1.54, 1.807) is 6.07 Å². The van der Waals surface area contributed by atoms with Crippen LogP contribution < -0.4 is 16.8 Å². The standard InChI is InChI=1S/C13H18BrN3O/c14-8-5-6-11(9(7-8)13(16)18)17-12-4-2-1-3-10(12)15/h5-7,10,12,17H,1-4,15H2,(H2,16,18)/t10-,12-/m1/s1. The predicted octanol–water partition coefficient (Wildman–Crippen LogP) is 2.23. The summed E-state index contributed by atoms with van der Waals surface area (Å²) in [5.74, 6) is -0.428. The number of hydrogen-bond acceptors (Lipinski definition) is 3. The van der Waals surface area contributed by atoms with Crippen molar-refractivity contribution in [3.05, 3.63) is 28.2 Å². The van der Waals surface area contributed by atoms with Gasteiger partial charge in [0.2, 0.25) is 0 Å². The molecule has 1 saturated carbocycles. The Morgan fingerprint density at radius 1 is 1.33 bits per heavy atom. The molecular formula is C13H18BrN3O. The van der Waals surface area contributed by atoms with E-state index in [4.69, 9.17) is 11.5 Å². The zero-order valence-corrected chi connectivity index (χ0v) is 11.7. The van der Waals surface area contributed by atoms with E-state index in [9.17, 15) is 4.79 Å². The van der Waals surface area contributed by atoms with Crippen LogP contribution in [0, 0.1) is 0 Å². The van der Waals surface area contributed by atoms with E-state index in [1.165, 1.54) is 12.8 Å². The molecule has 0 radical (unpaired) electrons. The minimum Gasteiger partial charge on any atom is -0.380 e. The van der Waals surface area contributed by atoms with Gasteiger partial charge in [0, 0.05) is 22.2 Å². The number of amides is 1. The Labute approximate surface area is 115 Å². The van der Waals surface area contributed by atoms with Crippen molar-refractivity contribution in [3.63, 3.8) is 0 Å². The highest BCUT2D eigenvalue weighted by Crippen LogP contribution is 2.25. The van der Waals surface area contributed by atoms with E-state index >= 15 is 0 Å². The van der Waals surface area contributed by atoms with Crippen LogP contribution in [-0.4, -0.2) is 18.0 Å². The first-order valence-corrected chi connectivity index (χ1v) is 6.98. The summed E-state index contributed by atoms with van der Waals surface area (Å²) in [5, 5.41) is 3.36. The number of benzene rings is 1. The molecule has 98 valence electrons. The maximum absolute atomic E-state index is 11.4. The number of anilines is 1. The summed E-state index contributed by atoms with van der Waals surface area (Å²) in [6.45, 7) is 0. The maximum Gasteiger partial charge on any atom is 0.250 e. The predicted molar refractivity (Wildman–Crippen MR) is 76.5 cm³/mol. The number of hydrogen-bond donors (Lipinski definition) is 3. The van der Waals surface area contributed by atoms with Crippen LogP contribution in [-0.2, 0) is 0 Å². The molecular weight excluding hydrogens is 294 g/mol. The fourth-order valence-electron chi connectivity index (χ4n) is 2.38. The van der Waals surface area contributed by atoms with Crippen molar-refractivity contribution in [3.8, 4) is 0 Å². The van der Waals surface area contributed by atoms with E-state index in [2.05, 4.69) is 21.2 Å². The fourth-order valence-corrected chi connectivity index (χ4v) is 2.75. The van der Waals surface area contributed by atoms with Crippen LogP contribution in [0.5, 0.6) is 0 Å². The second kappa shape index (κ2) is 5.71. The molecule has 1 aromatic rings. The lowest BCUT2D eigenvalue weighted by Gasteiger charge is -2.30. The Morgan fingerprint density at radius 3 is 2.72 bits per heavy atom. The lowest BCUT2D eigenvalue weighted by Crippen LogP contribution is -2.42. The molecule has 5 heteroatoms. The summed E-state index contributed by atoms with van der Waals surface area (Å²) in [6.07, 6.45) is 4.42. The first-order valence-electron chi connectivity index (χ1n) is 6.19.